The van der Waals surface area contributed by atoms with Crippen molar-refractivity contribution in [1.29, 1.82) is 0 Å². The standard InChI is InChI=1S/C9H13BrN2OS/c10-7-5-12-8(14-7)4-9(13)2-1-3-11-6-9/h5,11,13H,1-4,6H2. The summed E-state index contributed by atoms with van der Waals surface area (Å²) in [4.78, 5) is 4.24. The van der Waals surface area contributed by atoms with Crippen molar-refractivity contribution in [2.75, 3.05) is 13.1 Å². The van der Waals surface area contributed by atoms with E-state index in [1.54, 1.807) is 17.5 Å². The number of rotatable bonds is 2. The van der Waals surface area contributed by atoms with Gasteiger partial charge in [0.1, 0.15) is 0 Å². The Labute approximate surface area is 95.7 Å². The Morgan fingerprint density at radius 2 is 2.57 bits per heavy atom. The molecule has 3 nitrogen and oxygen atoms in total. The molecule has 2 heterocycles. The number of nitrogens with zero attached hydrogens (tertiary/aromatic N) is 1. The lowest BCUT2D eigenvalue weighted by Crippen LogP contribution is -2.47. The molecule has 1 aromatic rings. The van der Waals surface area contributed by atoms with Crippen LogP contribution in [0.15, 0.2) is 9.98 Å². The number of thiazole rings is 1. The average Bonchev–Trinajstić information content (AvgIpc) is 2.51. The molecule has 1 atom stereocenters. The fourth-order valence-electron chi connectivity index (χ4n) is 1.75. The van der Waals surface area contributed by atoms with Gasteiger partial charge in [0.2, 0.25) is 0 Å². The van der Waals surface area contributed by atoms with E-state index in [1.165, 1.54) is 0 Å². The molecule has 1 aliphatic heterocycles. The third kappa shape index (κ3) is 2.53. The maximum atomic E-state index is 10.2. The maximum absolute atomic E-state index is 10.2. The second-order valence-electron chi connectivity index (χ2n) is 3.74. The van der Waals surface area contributed by atoms with E-state index in [0.717, 1.165) is 28.2 Å². The lowest BCUT2D eigenvalue weighted by molar-refractivity contribution is 0.0169. The molecule has 78 valence electrons. The first-order valence-electron chi connectivity index (χ1n) is 4.71. The van der Waals surface area contributed by atoms with Crippen molar-refractivity contribution in [3.05, 3.63) is 15.0 Å². The SMILES string of the molecule is OC1(Cc2ncc(Br)s2)CCCNC1. The highest BCUT2D eigenvalue weighted by Crippen LogP contribution is 2.26. The van der Waals surface area contributed by atoms with Crippen LogP contribution in [0.2, 0.25) is 0 Å². The number of piperidine rings is 1. The first-order chi connectivity index (χ1) is 6.68. The van der Waals surface area contributed by atoms with Crippen LogP contribution in [0.1, 0.15) is 17.8 Å². The fourth-order valence-corrected chi connectivity index (χ4v) is 3.19. The lowest BCUT2D eigenvalue weighted by atomic mass is 9.91. The molecule has 1 aliphatic rings. The van der Waals surface area contributed by atoms with E-state index in [2.05, 4.69) is 26.2 Å². The number of halogens is 1. The van der Waals surface area contributed by atoms with Crippen LogP contribution in [-0.2, 0) is 6.42 Å². The molecule has 1 fully saturated rings. The first-order valence-corrected chi connectivity index (χ1v) is 6.32. The Bertz CT molecular complexity index is 310. The Balaban J connectivity index is 2.01. The second-order valence-corrected chi connectivity index (χ2v) is 6.23. The van der Waals surface area contributed by atoms with Gasteiger partial charge in [-0.05, 0) is 35.3 Å². The minimum atomic E-state index is -0.588. The van der Waals surface area contributed by atoms with E-state index in [9.17, 15) is 5.11 Å². The Morgan fingerprint density at radius 1 is 1.71 bits per heavy atom. The van der Waals surface area contributed by atoms with Crippen molar-refractivity contribution in [2.45, 2.75) is 24.9 Å². The van der Waals surface area contributed by atoms with Crippen molar-refractivity contribution in [2.24, 2.45) is 0 Å². The number of aromatic nitrogens is 1. The van der Waals surface area contributed by atoms with E-state index >= 15 is 0 Å². The van der Waals surface area contributed by atoms with E-state index < -0.39 is 5.60 Å². The van der Waals surface area contributed by atoms with E-state index in [4.69, 9.17) is 0 Å². The number of hydrogen-bond donors (Lipinski definition) is 2. The van der Waals surface area contributed by atoms with Crippen molar-refractivity contribution < 1.29 is 5.11 Å². The topological polar surface area (TPSA) is 45.2 Å². The van der Waals surface area contributed by atoms with Crippen molar-refractivity contribution in [3.63, 3.8) is 0 Å². The Hall–Kier alpha value is 0.0300. The molecular weight excluding hydrogens is 264 g/mol. The summed E-state index contributed by atoms with van der Waals surface area (Å²) in [6, 6.07) is 0. The first kappa shape index (κ1) is 10.5. The van der Waals surface area contributed by atoms with Crippen LogP contribution in [0.25, 0.3) is 0 Å². The van der Waals surface area contributed by atoms with Gasteiger partial charge in [-0.15, -0.1) is 11.3 Å². The minimum absolute atomic E-state index is 0.588. The number of nitrogens with one attached hydrogen (secondary N) is 1. The molecule has 0 bridgehead atoms. The summed E-state index contributed by atoms with van der Waals surface area (Å²) in [7, 11) is 0. The van der Waals surface area contributed by atoms with Gasteiger partial charge in [0.25, 0.3) is 0 Å². The molecule has 2 rings (SSSR count). The van der Waals surface area contributed by atoms with Crippen LogP contribution in [0.5, 0.6) is 0 Å². The molecule has 1 unspecified atom stereocenters. The molecule has 0 aromatic carbocycles. The Morgan fingerprint density at radius 3 is 3.14 bits per heavy atom. The van der Waals surface area contributed by atoms with Gasteiger partial charge in [-0.25, -0.2) is 4.98 Å². The van der Waals surface area contributed by atoms with Crippen LogP contribution in [0.4, 0.5) is 0 Å². The highest BCUT2D eigenvalue weighted by atomic mass is 79.9. The van der Waals surface area contributed by atoms with Gasteiger partial charge < -0.3 is 10.4 Å². The normalized spacial score (nSPS) is 27.9. The largest absolute Gasteiger partial charge is 0.388 e. The van der Waals surface area contributed by atoms with Crippen LogP contribution < -0.4 is 5.32 Å². The predicted molar refractivity (Wildman–Crippen MR) is 60.6 cm³/mol. The van der Waals surface area contributed by atoms with E-state index in [0.29, 0.717) is 13.0 Å². The zero-order valence-electron chi connectivity index (χ0n) is 7.79. The van der Waals surface area contributed by atoms with Gasteiger partial charge in [0, 0.05) is 13.0 Å². The summed E-state index contributed by atoms with van der Waals surface area (Å²) in [5.74, 6) is 0. The van der Waals surface area contributed by atoms with Crippen LogP contribution in [0, 0.1) is 0 Å². The molecule has 0 aliphatic carbocycles. The van der Waals surface area contributed by atoms with Crippen molar-refractivity contribution in [3.8, 4) is 0 Å². The molecule has 1 aromatic heterocycles. The molecule has 0 amide bonds. The molecule has 0 spiro atoms. The number of β-amino-alcohol motifs (C(OH)–C–C–N with tert-alkyl or cyclic N) is 1. The lowest BCUT2D eigenvalue weighted by Gasteiger charge is -2.31. The molecule has 2 N–H and O–H groups in total. The van der Waals surface area contributed by atoms with Gasteiger partial charge in [-0.1, -0.05) is 0 Å². The smallest absolute Gasteiger partial charge is 0.0965 e. The minimum Gasteiger partial charge on any atom is -0.388 e. The molecule has 0 saturated carbocycles. The number of hydrogen-bond acceptors (Lipinski definition) is 4. The average molecular weight is 277 g/mol. The summed E-state index contributed by atoms with van der Waals surface area (Å²) >= 11 is 4.97. The number of aliphatic hydroxyl groups is 1. The van der Waals surface area contributed by atoms with Gasteiger partial charge in [-0.3, -0.25) is 0 Å². The van der Waals surface area contributed by atoms with Gasteiger partial charge >= 0.3 is 0 Å². The predicted octanol–water partition coefficient (Wildman–Crippen LogP) is 1.56. The highest BCUT2D eigenvalue weighted by Gasteiger charge is 2.30. The molecule has 14 heavy (non-hydrogen) atoms. The van der Waals surface area contributed by atoms with Gasteiger partial charge in [-0.2, -0.15) is 0 Å². The van der Waals surface area contributed by atoms with E-state index in [-0.39, 0.29) is 0 Å². The third-order valence-corrected chi connectivity index (χ3v) is 3.93. The molecule has 0 radical (unpaired) electrons. The monoisotopic (exact) mass is 276 g/mol. The Kier molecular flexibility index (Phi) is 3.21. The second kappa shape index (κ2) is 4.26. The summed E-state index contributed by atoms with van der Waals surface area (Å²) in [5, 5.41) is 14.4. The van der Waals surface area contributed by atoms with Crippen LogP contribution in [-0.4, -0.2) is 28.8 Å². The zero-order valence-corrected chi connectivity index (χ0v) is 10.2. The summed E-state index contributed by atoms with van der Waals surface area (Å²) < 4.78 is 1.03. The molecule has 1 saturated heterocycles. The summed E-state index contributed by atoms with van der Waals surface area (Å²) in [6.07, 6.45) is 4.37. The van der Waals surface area contributed by atoms with Gasteiger partial charge in [0.15, 0.2) is 0 Å². The van der Waals surface area contributed by atoms with Crippen LogP contribution >= 0.6 is 27.3 Å². The van der Waals surface area contributed by atoms with E-state index in [1.807, 2.05) is 0 Å². The fraction of sp³-hybridized carbons (Fsp3) is 0.667. The summed E-state index contributed by atoms with van der Waals surface area (Å²) in [6.45, 7) is 1.70. The van der Waals surface area contributed by atoms with Crippen molar-refractivity contribution in [1.82, 2.24) is 10.3 Å². The van der Waals surface area contributed by atoms with Crippen molar-refractivity contribution >= 4 is 27.3 Å². The third-order valence-electron chi connectivity index (χ3n) is 2.46. The molecule has 5 heteroatoms. The van der Waals surface area contributed by atoms with Gasteiger partial charge in [0.05, 0.1) is 20.6 Å². The quantitative estimate of drug-likeness (QED) is 0.862. The zero-order chi connectivity index (χ0) is 10.0. The molecular formula is C9H13BrN2OS. The highest BCUT2D eigenvalue weighted by molar-refractivity contribution is 9.11. The summed E-state index contributed by atoms with van der Waals surface area (Å²) in [5.41, 5.74) is -0.588. The van der Waals surface area contributed by atoms with Crippen LogP contribution in [0.3, 0.4) is 0 Å². The maximum Gasteiger partial charge on any atom is 0.0965 e.